The molecule has 2 amide bonds. The van der Waals surface area contributed by atoms with E-state index in [1.165, 1.54) is 16.0 Å². The molecule has 3 nitrogen and oxygen atoms in total. The summed E-state index contributed by atoms with van der Waals surface area (Å²) in [5.41, 5.74) is 5.15. The Balaban J connectivity index is 1.60. The molecule has 3 aliphatic rings. The summed E-state index contributed by atoms with van der Waals surface area (Å²) < 4.78 is 0. The average Bonchev–Trinajstić information content (AvgIpc) is 3.32. The highest BCUT2D eigenvalue weighted by Gasteiger charge is 2.62. The van der Waals surface area contributed by atoms with Crippen LogP contribution in [0.15, 0.2) is 77.9 Å². The Kier molecular flexibility index (Phi) is 3.48. The Labute approximate surface area is 159 Å². The van der Waals surface area contributed by atoms with E-state index in [-0.39, 0.29) is 35.5 Å². The second kappa shape index (κ2) is 5.78. The van der Waals surface area contributed by atoms with Crippen molar-refractivity contribution in [3.8, 4) is 11.1 Å². The number of fused-ring (bicyclic) bond motifs is 5. The summed E-state index contributed by atoms with van der Waals surface area (Å²) >= 11 is 0. The molecule has 0 radical (unpaired) electrons. The Bertz CT molecular complexity index is 980. The second-order valence-corrected chi connectivity index (χ2v) is 7.84. The predicted molar refractivity (Wildman–Crippen MR) is 106 cm³/mol. The average molecular weight is 355 g/mol. The number of anilines is 1. The van der Waals surface area contributed by atoms with Gasteiger partial charge < -0.3 is 0 Å². The molecule has 1 saturated heterocycles. The van der Waals surface area contributed by atoms with Gasteiger partial charge in [0.05, 0.1) is 17.5 Å². The highest BCUT2D eigenvalue weighted by Crippen LogP contribution is 2.57. The molecule has 2 bridgehead atoms. The van der Waals surface area contributed by atoms with Gasteiger partial charge in [0.15, 0.2) is 0 Å². The maximum atomic E-state index is 13.4. The number of hydrogen-bond acceptors (Lipinski definition) is 2. The number of hydrogen-bond donors (Lipinski definition) is 0. The minimum absolute atomic E-state index is 0.0519. The van der Waals surface area contributed by atoms with Gasteiger partial charge >= 0.3 is 0 Å². The SMILES string of the molecule is CC(C)=C1[C@H]2C=C[C@@H]1[C@H]1C(=O)N(c3ccccc3-c3ccccc3)C(=O)[C@@H]12. The second-order valence-electron chi connectivity index (χ2n) is 7.84. The van der Waals surface area contributed by atoms with Crippen molar-refractivity contribution in [2.24, 2.45) is 23.7 Å². The molecule has 0 spiro atoms. The van der Waals surface area contributed by atoms with Gasteiger partial charge in [-0.1, -0.05) is 71.8 Å². The number of nitrogens with zero attached hydrogens (tertiary/aromatic N) is 1. The molecule has 0 unspecified atom stereocenters. The van der Waals surface area contributed by atoms with Crippen LogP contribution in [0.2, 0.25) is 0 Å². The van der Waals surface area contributed by atoms with Gasteiger partial charge in [-0.05, 0) is 25.5 Å². The Morgan fingerprint density at radius 1 is 0.778 bits per heavy atom. The molecular weight excluding hydrogens is 334 g/mol. The lowest BCUT2D eigenvalue weighted by atomic mass is 9.85. The quantitative estimate of drug-likeness (QED) is 0.583. The topological polar surface area (TPSA) is 37.4 Å². The molecule has 5 rings (SSSR count). The van der Waals surface area contributed by atoms with Gasteiger partial charge in [-0.25, -0.2) is 4.90 Å². The summed E-state index contributed by atoms with van der Waals surface area (Å²) in [6, 6.07) is 17.6. The highest BCUT2D eigenvalue weighted by atomic mass is 16.2. The summed E-state index contributed by atoms with van der Waals surface area (Å²) in [5.74, 6) is -0.443. The van der Waals surface area contributed by atoms with E-state index >= 15 is 0 Å². The van der Waals surface area contributed by atoms with Crippen LogP contribution in [0.4, 0.5) is 5.69 Å². The molecule has 2 fully saturated rings. The molecule has 0 aromatic heterocycles. The van der Waals surface area contributed by atoms with E-state index in [4.69, 9.17) is 0 Å². The first kappa shape index (κ1) is 16.2. The minimum Gasteiger partial charge on any atom is -0.274 e. The third-order valence-electron chi connectivity index (χ3n) is 6.22. The zero-order chi connectivity index (χ0) is 18.7. The lowest BCUT2D eigenvalue weighted by Crippen LogP contribution is -2.33. The van der Waals surface area contributed by atoms with E-state index in [0.717, 1.165) is 11.1 Å². The van der Waals surface area contributed by atoms with E-state index in [9.17, 15) is 9.59 Å². The number of rotatable bonds is 2. The van der Waals surface area contributed by atoms with Crippen molar-refractivity contribution in [2.45, 2.75) is 13.8 Å². The van der Waals surface area contributed by atoms with Crippen molar-refractivity contribution in [1.82, 2.24) is 0 Å². The van der Waals surface area contributed by atoms with Gasteiger partial charge in [0.1, 0.15) is 0 Å². The largest absolute Gasteiger partial charge is 0.274 e. The summed E-state index contributed by atoms with van der Waals surface area (Å²) in [6.07, 6.45) is 4.26. The maximum absolute atomic E-state index is 13.4. The fourth-order valence-electron chi connectivity index (χ4n) is 5.20. The Hall–Kier alpha value is -2.94. The Morgan fingerprint density at radius 2 is 1.33 bits per heavy atom. The number of benzene rings is 2. The van der Waals surface area contributed by atoms with Crippen LogP contribution in [0.25, 0.3) is 11.1 Å². The van der Waals surface area contributed by atoms with Crippen LogP contribution < -0.4 is 4.90 Å². The zero-order valence-corrected chi connectivity index (χ0v) is 15.4. The van der Waals surface area contributed by atoms with Gasteiger partial charge in [-0.15, -0.1) is 0 Å². The van der Waals surface area contributed by atoms with Crippen molar-refractivity contribution in [3.05, 3.63) is 77.9 Å². The molecule has 2 aliphatic carbocycles. The van der Waals surface area contributed by atoms with E-state index in [1.807, 2.05) is 54.6 Å². The third kappa shape index (κ3) is 2.14. The Morgan fingerprint density at radius 3 is 1.93 bits per heavy atom. The summed E-state index contributed by atoms with van der Waals surface area (Å²) in [6.45, 7) is 4.17. The van der Waals surface area contributed by atoms with Crippen molar-refractivity contribution in [3.63, 3.8) is 0 Å². The van der Waals surface area contributed by atoms with Crippen LogP contribution in [0.3, 0.4) is 0 Å². The molecule has 2 aromatic carbocycles. The number of imide groups is 1. The van der Waals surface area contributed by atoms with Crippen molar-refractivity contribution < 1.29 is 9.59 Å². The molecule has 134 valence electrons. The molecular formula is C24H21NO2. The van der Waals surface area contributed by atoms with Crippen LogP contribution >= 0.6 is 0 Å². The number of carbonyl (C=O) groups is 2. The van der Waals surface area contributed by atoms with Crippen LogP contribution in [-0.2, 0) is 9.59 Å². The number of allylic oxidation sites excluding steroid dienone is 4. The fraction of sp³-hybridized carbons (Fsp3) is 0.250. The predicted octanol–water partition coefficient (Wildman–Crippen LogP) is 4.61. The number of para-hydroxylation sites is 1. The molecule has 4 atom stereocenters. The first-order valence-electron chi connectivity index (χ1n) is 9.47. The normalized spacial score (nSPS) is 28.2. The zero-order valence-electron chi connectivity index (χ0n) is 15.4. The number of amides is 2. The molecule has 0 N–H and O–H groups in total. The van der Waals surface area contributed by atoms with Crippen molar-refractivity contribution in [1.29, 1.82) is 0 Å². The summed E-state index contributed by atoms with van der Waals surface area (Å²) in [7, 11) is 0. The molecule has 27 heavy (non-hydrogen) atoms. The van der Waals surface area contributed by atoms with Crippen molar-refractivity contribution in [2.75, 3.05) is 4.90 Å². The van der Waals surface area contributed by atoms with Crippen LogP contribution in [0.5, 0.6) is 0 Å². The van der Waals surface area contributed by atoms with Gasteiger partial charge in [-0.3, -0.25) is 9.59 Å². The van der Waals surface area contributed by atoms with E-state index < -0.39 is 0 Å². The first-order valence-corrected chi connectivity index (χ1v) is 9.47. The number of carbonyl (C=O) groups excluding carboxylic acids is 2. The van der Waals surface area contributed by atoms with E-state index in [1.54, 1.807) is 0 Å². The van der Waals surface area contributed by atoms with Gasteiger partial charge in [-0.2, -0.15) is 0 Å². The molecule has 2 aromatic rings. The van der Waals surface area contributed by atoms with Gasteiger partial charge in [0.25, 0.3) is 0 Å². The highest BCUT2D eigenvalue weighted by molar-refractivity contribution is 6.24. The summed E-state index contributed by atoms with van der Waals surface area (Å²) in [5, 5.41) is 0. The first-order chi connectivity index (χ1) is 13.1. The minimum atomic E-state index is -0.249. The summed E-state index contributed by atoms with van der Waals surface area (Å²) in [4.78, 5) is 28.2. The molecule has 3 heteroatoms. The lowest BCUT2D eigenvalue weighted by Gasteiger charge is -2.22. The van der Waals surface area contributed by atoms with Crippen molar-refractivity contribution >= 4 is 17.5 Å². The van der Waals surface area contributed by atoms with E-state index in [2.05, 4.69) is 26.0 Å². The van der Waals surface area contributed by atoms with Crippen LogP contribution in [0, 0.1) is 23.7 Å². The monoisotopic (exact) mass is 355 g/mol. The van der Waals surface area contributed by atoms with Gasteiger partial charge in [0.2, 0.25) is 11.8 Å². The standard InChI is InChI=1S/C24H21NO2/c1-14(2)20-17-12-13-18(20)22-21(17)23(26)25(24(22)27)19-11-7-6-10-16(19)15-8-4-3-5-9-15/h3-13,17-18,21-22H,1-2H3/t17-,18+,21-,22-/m1/s1. The lowest BCUT2D eigenvalue weighted by molar-refractivity contribution is -0.122. The maximum Gasteiger partial charge on any atom is 0.238 e. The molecule has 1 aliphatic heterocycles. The van der Waals surface area contributed by atoms with Crippen LogP contribution in [0.1, 0.15) is 13.8 Å². The third-order valence-corrected chi connectivity index (χ3v) is 6.22. The van der Waals surface area contributed by atoms with Crippen LogP contribution in [-0.4, -0.2) is 11.8 Å². The van der Waals surface area contributed by atoms with E-state index in [0.29, 0.717) is 5.69 Å². The molecule has 1 saturated carbocycles. The molecule has 1 heterocycles. The fourth-order valence-corrected chi connectivity index (χ4v) is 5.20. The smallest absolute Gasteiger partial charge is 0.238 e. The van der Waals surface area contributed by atoms with Gasteiger partial charge in [0, 0.05) is 17.4 Å².